The summed E-state index contributed by atoms with van der Waals surface area (Å²) in [6.45, 7) is 2.93. The molecule has 0 aliphatic rings. The first kappa shape index (κ1) is 16.6. The Morgan fingerprint density at radius 1 is 1.24 bits per heavy atom. The van der Waals surface area contributed by atoms with Crippen molar-refractivity contribution < 1.29 is 4.39 Å². The largest absolute Gasteiger partial charge is 0.250 e. The van der Waals surface area contributed by atoms with Crippen LogP contribution in [0.25, 0.3) is 0 Å². The zero-order valence-corrected chi connectivity index (χ0v) is 15.1. The van der Waals surface area contributed by atoms with E-state index in [4.69, 9.17) is 0 Å². The van der Waals surface area contributed by atoms with Crippen molar-refractivity contribution in [2.24, 2.45) is 0 Å². The van der Waals surface area contributed by atoms with E-state index in [0.717, 1.165) is 18.8 Å². The summed E-state index contributed by atoms with van der Waals surface area (Å²) in [5, 5.41) is 5.54. The van der Waals surface area contributed by atoms with Gasteiger partial charge in [-0.25, -0.2) is 9.37 Å². The molecule has 114 valence electrons. The minimum absolute atomic E-state index is 0.182. The molecular formula is C15H18Br2FN3. The molecule has 0 N–H and O–H groups in total. The van der Waals surface area contributed by atoms with E-state index in [2.05, 4.69) is 48.9 Å². The Balaban J connectivity index is 2.39. The number of rotatable bonds is 7. The number of hydrogen-bond acceptors (Lipinski definition) is 2. The fourth-order valence-electron chi connectivity index (χ4n) is 2.39. The Morgan fingerprint density at radius 3 is 2.57 bits per heavy atom. The molecule has 1 heterocycles. The average molecular weight is 419 g/mol. The molecule has 2 aromatic rings. The molecule has 0 saturated heterocycles. The maximum atomic E-state index is 14.3. The number of alkyl halides is 2. The smallest absolute Gasteiger partial charge is 0.138 e. The lowest BCUT2D eigenvalue weighted by Crippen LogP contribution is -2.35. The van der Waals surface area contributed by atoms with Crippen LogP contribution >= 0.6 is 31.9 Å². The van der Waals surface area contributed by atoms with Gasteiger partial charge < -0.3 is 0 Å². The Hall–Kier alpha value is -0.750. The van der Waals surface area contributed by atoms with Crippen molar-refractivity contribution in [3.8, 4) is 0 Å². The summed E-state index contributed by atoms with van der Waals surface area (Å²) in [5.41, 5.74) is 0.314. The van der Waals surface area contributed by atoms with Crippen molar-refractivity contribution in [1.29, 1.82) is 0 Å². The van der Waals surface area contributed by atoms with Crippen molar-refractivity contribution in [3.63, 3.8) is 0 Å². The van der Waals surface area contributed by atoms with Crippen LogP contribution in [0.4, 0.5) is 4.39 Å². The van der Waals surface area contributed by atoms with Crippen molar-refractivity contribution in [2.75, 3.05) is 10.7 Å². The van der Waals surface area contributed by atoms with Gasteiger partial charge in [0.05, 0.1) is 0 Å². The highest BCUT2D eigenvalue weighted by Crippen LogP contribution is 2.34. The maximum Gasteiger partial charge on any atom is 0.138 e. The van der Waals surface area contributed by atoms with Crippen LogP contribution in [-0.2, 0) is 18.4 Å². The highest BCUT2D eigenvalue weighted by molar-refractivity contribution is 9.09. The van der Waals surface area contributed by atoms with Gasteiger partial charge in [0.2, 0.25) is 0 Å². The standard InChI is InChI=1S/C15H18Br2FN3/c1-2-7-21-14(19-11-20-21)8-15(9-16,10-17)12-5-3-4-6-13(12)18/h3-6,11H,2,7-10H2,1H3. The van der Waals surface area contributed by atoms with Gasteiger partial charge in [0.15, 0.2) is 0 Å². The van der Waals surface area contributed by atoms with Gasteiger partial charge in [-0.1, -0.05) is 57.0 Å². The second-order valence-electron chi connectivity index (χ2n) is 5.10. The number of aromatic nitrogens is 3. The van der Waals surface area contributed by atoms with Gasteiger partial charge in [-0.2, -0.15) is 5.10 Å². The van der Waals surface area contributed by atoms with Gasteiger partial charge >= 0.3 is 0 Å². The summed E-state index contributed by atoms with van der Waals surface area (Å²) < 4.78 is 16.2. The van der Waals surface area contributed by atoms with Crippen LogP contribution in [0.15, 0.2) is 30.6 Å². The third-order valence-corrected chi connectivity index (χ3v) is 5.73. The molecule has 0 aliphatic carbocycles. The fraction of sp³-hybridized carbons (Fsp3) is 0.467. The summed E-state index contributed by atoms with van der Waals surface area (Å²) in [7, 11) is 0. The Bertz CT molecular complexity index is 582. The van der Waals surface area contributed by atoms with Gasteiger partial charge in [0, 0.05) is 29.0 Å². The van der Waals surface area contributed by atoms with E-state index in [1.807, 2.05) is 16.8 Å². The molecule has 21 heavy (non-hydrogen) atoms. The van der Waals surface area contributed by atoms with E-state index in [0.29, 0.717) is 22.6 Å². The minimum Gasteiger partial charge on any atom is -0.250 e. The van der Waals surface area contributed by atoms with Crippen LogP contribution in [0, 0.1) is 5.82 Å². The van der Waals surface area contributed by atoms with Crippen LogP contribution in [0.2, 0.25) is 0 Å². The molecule has 6 heteroatoms. The third kappa shape index (κ3) is 3.54. The predicted molar refractivity (Wildman–Crippen MR) is 89.7 cm³/mol. The molecule has 0 atom stereocenters. The lowest BCUT2D eigenvalue weighted by atomic mass is 9.81. The van der Waals surface area contributed by atoms with Crippen LogP contribution in [0.5, 0.6) is 0 Å². The number of halogens is 3. The zero-order valence-electron chi connectivity index (χ0n) is 11.9. The second kappa shape index (κ2) is 7.49. The van der Waals surface area contributed by atoms with E-state index in [1.54, 1.807) is 12.4 Å². The number of hydrogen-bond donors (Lipinski definition) is 0. The monoisotopic (exact) mass is 417 g/mol. The van der Waals surface area contributed by atoms with Gasteiger partial charge in [-0.05, 0) is 18.1 Å². The second-order valence-corrected chi connectivity index (χ2v) is 6.23. The predicted octanol–water partition coefficient (Wildman–Crippen LogP) is 4.10. The molecule has 0 spiro atoms. The van der Waals surface area contributed by atoms with E-state index in [1.165, 1.54) is 6.07 Å². The SMILES string of the molecule is CCCn1ncnc1CC(CBr)(CBr)c1ccccc1F. The van der Waals surface area contributed by atoms with Gasteiger partial charge in [-0.3, -0.25) is 4.68 Å². The number of aryl methyl sites for hydroxylation is 1. The zero-order chi connectivity index (χ0) is 15.3. The summed E-state index contributed by atoms with van der Waals surface area (Å²) >= 11 is 7.12. The Kier molecular flexibility index (Phi) is 5.93. The first-order valence-corrected chi connectivity index (χ1v) is 9.14. The third-order valence-electron chi connectivity index (χ3n) is 3.58. The molecule has 0 aliphatic heterocycles. The average Bonchev–Trinajstić information content (AvgIpc) is 2.93. The highest BCUT2D eigenvalue weighted by Gasteiger charge is 2.34. The van der Waals surface area contributed by atoms with Crippen LogP contribution in [0.1, 0.15) is 24.7 Å². The van der Waals surface area contributed by atoms with E-state index >= 15 is 0 Å². The number of benzene rings is 1. The normalized spacial score (nSPS) is 11.8. The van der Waals surface area contributed by atoms with Gasteiger partial charge in [-0.15, -0.1) is 0 Å². The quantitative estimate of drug-likeness (QED) is 0.633. The van der Waals surface area contributed by atoms with Gasteiger partial charge in [0.25, 0.3) is 0 Å². The molecule has 0 unspecified atom stereocenters. The topological polar surface area (TPSA) is 30.7 Å². The fourth-order valence-corrected chi connectivity index (χ4v) is 4.32. The van der Waals surface area contributed by atoms with E-state index < -0.39 is 0 Å². The molecule has 0 radical (unpaired) electrons. The summed E-state index contributed by atoms with van der Waals surface area (Å²) in [5.74, 6) is 0.706. The van der Waals surface area contributed by atoms with Crippen molar-refractivity contribution in [1.82, 2.24) is 14.8 Å². The van der Waals surface area contributed by atoms with Crippen LogP contribution in [0.3, 0.4) is 0 Å². The minimum atomic E-state index is -0.385. The molecule has 0 fully saturated rings. The molecule has 1 aromatic heterocycles. The molecule has 2 rings (SSSR count). The number of nitrogens with zero attached hydrogens (tertiary/aromatic N) is 3. The first-order chi connectivity index (χ1) is 10.2. The van der Waals surface area contributed by atoms with Crippen molar-refractivity contribution >= 4 is 31.9 Å². The molecular weight excluding hydrogens is 401 g/mol. The highest BCUT2D eigenvalue weighted by atomic mass is 79.9. The summed E-state index contributed by atoms with van der Waals surface area (Å²) in [6.07, 6.45) is 3.19. The van der Waals surface area contributed by atoms with Crippen molar-refractivity contribution in [3.05, 3.63) is 47.8 Å². The Labute approximate surface area is 141 Å². The molecule has 0 amide bonds. The van der Waals surface area contributed by atoms with E-state index in [-0.39, 0.29) is 11.2 Å². The molecule has 0 bridgehead atoms. The summed E-state index contributed by atoms with van der Waals surface area (Å²) in [6, 6.07) is 6.94. The first-order valence-electron chi connectivity index (χ1n) is 6.90. The molecule has 3 nitrogen and oxygen atoms in total. The lowest BCUT2D eigenvalue weighted by molar-refractivity contribution is 0.465. The van der Waals surface area contributed by atoms with Gasteiger partial charge in [0.1, 0.15) is 18.0 Å². The Morgan fingerprint density at radius 2 is 1.95 bits per heavy atom. The van der Waals surface area contributed by atoms with E-state index in [9.17, 15) is 4.39 Å². The molecule has 1 aromatic carbocycles. The maximum absolute atomic E-state index is 14.3. The van der Waals surface area contributed by atoms with Crippen LogP contribution in [-0.4, -0.2) is 25.4 Å². The summed E-state index contributed by atoms with van der Waals surface area (Å²) in [4.78, 5) is 4.36. The van der Waals surface area contributed by atoms with Crippen LogP contribution < -0.4 is 0 Å². The lowest BCUT2D eigenvalue weighted by Gasteiger charge is -2.30. The van der Waals surface area contributed by atoms with Crippen molar-refractivity contribution in [2.45, 2.75) is 31.7 Å². The molecule has 0 saturated carbocycles.